The molecule has 3 N–H and O–H groups in total. The average Bonchev–Trinajstić information content (AvgIpc) is 3.10. The van der Waals surface area contributed by atoms with Crippen LogP contribution in [0.1, 0.15) is 10.5 Å². The minimum absolute atomic E-state index is 0.00448. The Labute approximate surface area is 153 Å². The van der Waals surface area contributed by atoms with E-state index in [-0.39, 0.29) is 11.5 Å². The van der Waals surface area contributed by atoms with Crippen molar-refractivity contribution in [1.29, 1.82) is 0 Å². The Kier molecular flexibility index (Phi) is 3.98. The molecule has 26 heavy (non-hydrogen) atoms. The summed E-state index contributed by atoms with van der Waals surface area (Å²) in [5.41, 5.74) is 8.76. The van der Waals surface area contributed by atoms with Crippen LogP contribution in [0.15, 0.2) is 60.7 Å². The number of nitrogen functional groups attached to an aromatic ring is 1. The molecule has 0 atom stereocenters. The number of rotatable bonds is 3. The van der Waals surface area contributed by atoms with Gasteiger partial charge in [-0.15, -0.1) is 10.2 Å². The van der Waals surface area contributed by atoms with Gasteiger partial charge in [-0.1, -0.05) is 41.9 Å². The number of halogens is 1. The maximum absolute atomic E-state index is 12.5. The molecular weight excluding hydrogens is 352 g/mol. The second-order valence-electron chi connectivity index (χ2n) is 5.56. The number of carbonyl (C=O) groups excluding carboxylic acids is 1. The van der Waals surface area contributed by atoms with Gasteiger partial charge in [0.05, 0.1) is 5.69 Å². The largest absolute Gasteiger partial charge is 0.382 e. The lowest BCUT2D eigenvalue weighted by molar-refractivity contribution is 0.102. The minimum atomic E-state index is -0.476. The van der Waals surface area contributed by atoms with Crippen LogP contribution in [0.25, 0.3) is 16.9 Å². The quantitative estimate of drug-likeness (QED) is 0.581. The highest BCUT2D eigenvalue weighted by Gasteiger charge is 2.18. The van der Waals surface area contributed by atoms with Crippen LogP contribution in [0.3, 0.4) is 0 Å². The molecule has 2 aromatic heterocycles. The van der Waals surface area contributed by atoms with Gasteiger partial charge in [-0.2, -0.15) is 9.61 Å². The second kappa shape index (κ2) is 6.45. The molecule has 0 unspecified atom stereocenters. The predicted octanol–water partition coefficient (Wildman–Crippen LogP) is 3.28. The number of nitrogens with zero attached hydrogens (tertiary/aromatic N) is 4. The Balaban J connectivity index is 1.69. The molecular formula is C18H13ClN6O. The van der Waals surface area contributed by atoms with Crippen molar-refractivity contribution in [1.82, 2.24) is 19.8 Å². The van der Waals surface area contributed by atoms with Gasteiger partial charge in [0.25, 0.3) is 5.91 Å². The van der Waals surface area contributed by atoms with E-state index in [4.69, 9.17) is 17.3 Å². The molecule has 0 fully saturated rings. The third kappa shape index (κ3) is 2.96. The van der Waals surface area contributed by atoms with E-state index in [1.54, 1.807) is 30.3 Å². The van der Waals surface area contributed by atoms with Crippen LogP contribution < -0.4 is 11.1 Å². The summed E-state index contributed by atoms with van der Waals surface area (Å²) in [6.07, 6.45) is 0. The SMILES string of the molecule is Nc1c(C(=O)Nc2ccc(Cl)cc2)nnc2cc(-c3ccccc3)nn12. The highest BCUT2D eigenvalue weighted by atomic mass is 35.5. The van der Waals surface area contributed by atoms with Crippen LogP contribution in [0.2, 0.25) is 5.02 Å². The van der Waals surface area contributed by atoms with Crippen LogP contribution in [0, 0.1) is 0 Å². The maximum atomic E-state index is 12.5. The number of benzene rings is 2. The number of aromatic nitrogens is 4. The molecule has 8 heteroatoms. The Morgan fingerprint density at radius 3 is 2.50 bits per heavy atom. The molecule has 0 bridgehead atoms. The van der Waals surface area contributed by atoms with Crippen LogP contribution in [-0.4, -0.2) is 25.7 Å². The van der Waals surface area contributed by atoms with Crippen molar-refractivity contribution in [3.63, 3.8) is 0 Å². The van der Waals surface area contributed by atoms with E-state index in [0.717, 1.165) is 5.56 Å². The van der Waals surface area contributed by atoms with E-state index in [0.29, 0.717) is 22.1 Å². The van der Waals surface area contributed by atoms with Crippen LogP contribution >= 0.6 is 11.6 Å². The van der Waals surface area contributed by atoms with Gasteiger partial charge in [-0.3, -0.25) is 4.79 Å². The minimum Gasteiger partial charge on any atom is -0.382 e. The van der Waals surface area contributed by atoms with Crippen molar-refractivity contribution < 1.29 is 4.79 Å². The number of fused-ring (bicyclic) bond motifs is 1. The molecule has 0 aliphatic carbocycles. The summed E-state index contributed by atoms with van der Waals surface area (Å²) < 4.78 is 1.41. The molecule has 4 aromatic rings. The van der Waals surface area contributed by atoms with Gasteiger partial charge in [0.1, 0.15) is 0 Å². The second-order valence-corrected chi connectivity index (χ2v) is 6.00. The lowest BCUT2D eigenvalue weighted by atomic mass is 10.2. The summed E-state index contributed by atoms with van der Waals surface area (Å²) in [6, 6.07) is 18.1. The van der Waals surface area contributed by atoms with Gasteiger partial charge in [-0.05, 0) is 24.3 Å². The van der Waals surface area contributed by atoms with Crippen molar-refractivity contribution in [3.05, 3.63) is 71.4 Å². The number of amides is 1. The van der Waals surface area contributed by atoms with Crippen molar-refractivity contribution in [2.45, 2.75) is 0 Å². The number of nitrogens with one attached hydrogen (secondary N) is 1. The van der Waals surface area contributed by atoms with Gasteiger partial charge in [-0.25, -0.2) is 0 Å². The molecule has 2 heterocycles. The smallest absolute Gasteiger partial charge is 0.280 e. The third-order valence-electron chi connectivity index (χ3n) is 3.80. The van der Waals surface area contributed by atoms with E-state index in [1.807, 2.05) is 30.3 Å². The Hall–Kier alpha value is -3.45. The van der Waals surface area contributed by atoms with E-state index in [1.165, 1.54) is 4.52 Å². The fourth-order valence-electron chi connectivity index (χ4n) is 2.51. The fraction of sp³-hybridized carbons (Fsp3) is 0. The summed E-state index contributed by atoms with van der Waals surface area (Å²) in [7, 11) is 0. The first-order chi connectivity index (χ1) is 12.6. The molecule has 1 amide bonds. The Bertz CT molecular complexity index is 1090. The lowest BCUT2D eigenvalue weighted by Gasteiger charge is -2.07. The Morgan fingerprint density at radius 1 is 1.04 bits per heavy atom. The number of nitrogens with two attached hydrogens (primary N) is 1. The zero-order chi connectivity index (χ0) is 18.1. The highest BCUT2D eigenvalue weighted by Crippen LogP contribution is 2.21. The van der Waals surface area contributed by atoms with Crippen molar-refractivity contribution >= 4 is 34.7 Å². The fourth-order valence-corrected chi connectivity index (χ4v) is 2.63. The number of hydrogen-bond donors (Lipinski definition) is 2. The summed E-state index contributed by atoms with van der Waals surface area (Å²) in [4.78, 5) is 12.5. The standard InChI is InChI=1S/C18H13ClN6O/c19-12-6-8-13(9-7-12)21-18(26)16-17(20)25-15(22-23-16)10-14(24-25)11-4-2-1-3-5-11/h1-10H,20H2,(H,21,26). The zero-order valence-corrected chi connectivity index (χ0v) is 14.2. The molecule has 128 valence electrons. The number of anilines is 2. The third-order valence-corrected chi connectivity index (χ3v) is 4.05. The molecule has 4 rings (SSSR count). The predicted molar refractivity (Wildman–Crippen MR) is 100 cm³/mol. The van der Waals surface area contributed by atoms with Gasteiger partial charge >= 0.3 is 0 Å². The summed E-state index contributed by atoms with van der Waals surface area (Å²) in [5, 5.41) is 15.7. The van der Waals surface area contributed by atoms with E-state index in [9.17, 15) is 4.79 Å². The van der Waals surface area contributed by atoms with E-state index >= 15 is 0 Å². The highest BCUT2D eigenvalue weighted by molar-refractivity contribution is 6.30. The molecule has 0 saturated heterocycles. The molecule has 7 nitrogen and oxygen atoms in total. The van der Waals surface area contributed by atoms with Gasteiger partial charge in [0.2, 0.25) is 0 Å². The topological polar surface area (TPSA) is 98.2 Å². The van der Waals surface area contributed by atoms with Crippen molar-refractivity contribution in [2.75, 3.05) is 11.1 Å². The zero-order valence-electron chi connectivity index (χ0n) is 13.4. The van der Waals surface area contributed by atoms with Crippen LogP contribution in [0.5, 0.6) is 0 Å². The summed E-state index contributed by atoms with van der Waals surface area (Å²) >= 11 is 5.84. The Morgan fingerprint density at radius 2 is 1.77 bits per heavy atom. The number of carbonyl (C=O) groups is 1. The first kappa shape index (κ1) is 16.0. The molecule has 0 saturated carbocycles. The van der Waals surface area contributed by atoms with Crippen LogP contribution in [-0.2, 0) is 0 Å². The van der Waals surface area contributed by atoms with Crippen LogP contribution in [0.4, 0.5) is 11.5 Å². The van der Waals surface area contributed by atoms with Gasteiger partial charge in [0.15, 0.2) is 17.2 Å². The lowest BCUT2D eigenvalue weighted by Crippen LogP contribution is -2.19. The molecule has 0 spiro atoms. The molecule has 0 aliphatic heterocycles. The molecule has 0 radical (unpaired) electrons. The monoisotopic (exact) mass is 364 g/mol. The summed E-state index contributed by atoms with van der Waals surface area (Å²) in [5.74, 6) is -0.361. The average molecular weight is 365 g/mol. The first-order valence-corrected chi connectivity index (χ1v) is 8.14. The van der Waals surface area contributed by atoms with Gasteiger partial charge < -0.3 is 11.1 Å². The normalized spacial score (nSPS) is 10.8. The first-order valence-electron chi connectivity index (χ1n) is 7.76. The van der Waals surface area contributed by atoms with Crippen molar-refractivity contribution in [2.24, 2.45) is 0 Å². The molecule has 2 aromatic carbocycles. The van der Waals surface area contributed by atoms with Crippen molar-refractivity contribution in [3.8, 4) is 11.3 Å². The molecule has 0 aliphatic rings. The number of hydrogen-bond acceptors (Lipinski definition) is 5. The maximum Gasteiger partial charge on any atom is 0.280 e. The van der Waals surface area contributed by atoms with E-state index < -0.39 is 5.91 Å². The van der Waals surface area contributed by atoms with E-state index in [2.05, 4.69) is 20.6 Å². The van der Waals surface area contributed by atoms with Gasteiger partial charge in [0, 0.05) is 22.3 Å². The summed E-state index contributed by atoms with van der Waals surface area (Å²) in [6.45, 7) is 0.